The molecule has 1 aromatic rings. The average molecular weight is 329 g/mol. The Kier molecular flexibility index (Phi) is 4.58. The van der Waals surface area contributed by atoms with Gasteiger partial charge in [0.05, 0.1) is 5.56 Å². The fourth-order valence-electron chi connectivity index (χ4n) is 2.51. The highest BCUT2D eigenvalue weighted by Gasteiger charge is 2.24. The third-order valence-electron chi connectivity index (χ3n) is 3.53. The largest absolute Gasteiger partial charge is 0.341 e. The van der Waals surface area contributed by atoms with Gasteiger partial charge in [-0.1, -0.05) is 0 Å². The third-order valence-corrected chi connectivity index (χ3v) is 4.22. The van der Waals surface area contributed by atoms with Crippen molar-refractivity contribution in [3.63, 3.8) is 0 Å². The van der Waals surface area contributed by atoms with E-state index in [1.165, 1.54) is 12.1 Å². The van der Waals surface area contributed by atoms with Crippen molar-refractivity contribution in [3.8, 4) is 0 Å². The highest BCUT2D eigenvalue weighted by atomic mass is 79.9. The molecule has 19 heavy (non-hydrogen) atoms. The molecule has 0 saturated carbocycles. The van der Waals surface area contributed by atoms with Gasteiger partial charge in [0.2, 0.25) is 0 Å². The number of rotatable bonds is 3. The highest BCUT2D eigenvalue weighted by Crippen LogP contribution is 2.21. The van der Waals surface area contributed by atoms with Crippen LogP contribution in [-0.4, -0.2) is 49.4 Å². The summed E-state index contributed by atoms with van der Waals surface area (Å²) in [7, 11) is 3.86. The Hall–Kier alpha value is -0.940. The molecule has 1 aromatic carbocycles. The summed E-state index contributed by atoms with van der Waals surface area (Å²) in [4.78, 5) is 16.3. The van der Waals surface area contributed by atoms with Crippen LogP contribution in [0.3, 0.4) is 0 Å². The molecule has 0 aliphatic carbocycles. The lowest BCUT2D eigenvalue weighted by molar-refractivity contribution is 0.0772. The van der Waals surface area contributed by atoms with Crippen LogP contribution >= 0.6 is 15.9 Å². The summed E-state index contributed by atoms with van der Waals surface area (Å²) in [5.74, 6) is -0.0206. The molecule has 0 N–H and O–H groups in total. The van der Waals surface area contributed by atoms with E-state index in [1.807, 2.05) is 0 Å². The second-order valence-corrected chi connectivity index (χ2v) is 6.08. The molecular formula is C14H18BrFN2O. The van der Waals surface area contributed by atoms with Crippen molar-refractivity contribution in [3.05, 3.63) is 34.1 Å². The molecule has 1 fully saturated rings. The molecule has 0 bridgehead atoms. The molecule has 1 aliphatic rings. The van der Waals surface area contributed by atoms with E-state index in [4.69, 9.17) is 0 Å². The molecule has 1 saturated heterocycles. The monoisotopic (exact) mass is 328 g/mol. The van der Waals surface area contributed by atoms with Gasteiger partial charge in [-0.25, -0.2) is 4.39 Å². The molecule has 3 nitrogen and oxygen atoms in total. The van der Waals surface area contributed by atoms with E-state index in [-0.39, 0.29) is 11.7 Å². The molecule has 1 amide bonds. The van der Waals surface area contributed by atoms with Crippen LogP contribution in [0.4, 0.5) is 4.39 Å². The van der Waals surface area contributed by atoms with Crippen molar-refractivity contribution in [2.75, 3.05) is 33.7 Å². The van der Waals surface area contributed by atoms with E-state index < -0.39 is 0 Å². The fraction of sp³-hybridized carbons (Fsp3) is 0.500. The number of carbonyl (C=O) groups excluding carboxylic acids is 1. The Balaban J connectivity index is 2.04. The molecule has 5 heteroatoms. The molecule has 0 aromatic heterocycles. The van der Waals surface area contributed by atoms with Crippen LogP contribution in [0, 0.1) is 11.7 Å². The second kappa shape index (κ2) is 6.01. The third kappa shape index (κ3) is 3.54. The van der Waals surface area contributed by atoms with Gasteiger partial charge >= 0.3 is 0 Å². The number of amides is 1. The molecule has 1 unspecified atom stereocenters. The molecule has 0 spiro atoms. The normalized spacial score (nSPS) is 19.7. The summed E-state index contributed by atoms with van der Waals surface area (Å²) in [5.41, 5.74) is 0.383. The Labute approximate surface area is 121 Å². The lowest BCUT2D eigenvalue weighted by Crippen LogP contribution is -2.33. The summed E-state index contributed by atoms with van der Waals surface area (Å²) in [5, 5.41) is 0. The number of nitrogens with zero attached hydrogens (tertiary/aromatic N) is 2. The van der Waals surface area contributed by atoms with Crippen LogP contribution in [0.15, 0.2) is 22.7 Å². The van der Waals surface area contributed by atoms with Gasteiger partial charge in [-0.05, 0) is 60.1 Å². The first-order valence-corrected chi connectivity index (χ1v) is 7.15. The summed E-state index contributed by atoms with van der Waals surface area (Å²) in [6.45, 7) is 2.81. The zero-order chi connectivity index (χ0) is 14.0. The number of halogens is 2. The van der Waals surface area contributed by atoms with Crippen LogP contribution in [0.2, 0.25) is 0 Å². The molecular weight excluding hydrogens is 311 g/mol. The van der Waals surface area contributed by atoms with Crippen LogP contribution in [-0.2, 0) is 0 Å². The maximum Gasteiger partial charge on any atom is 0.254 e. The van der Waals surface area contributed by atoms with Crippen LogP contribution in [0.1, 0.15) is 16.8 Å². The maximum absolute atomic E-state index is 13.2. The minimum absolute atomic E-state index is 0.138. The highest BCUT2D eigenvalue weighted by molar-refractivity contribution is 9.10. The zero-order valence-corrected chi connectivity index (χ0v) is 12.8. The SMILES string of the molecule is CN1CCC(CN(C)C(=O)c2cc(F)ccc2Br)C1. The Bertz CT molecular complexity index is 481. The van der Waals surface area contributed by atoms with Crippen molar-refractivity contribution in [2.24, 2.45) is 5.92 Å². The molecule has 1 aliphatic heterocycles. The van der Waals surface area contributed by atoms with Gasteiger partial charge in [-0.15, -0.1) is 0 Å². The van der Waals surface area contributed by atoms with E-state index in [1.54, 1.807) is 18.0 Å². The minimum Gasteiger partial charge on any atom is -0.341 e. The first kappa shape index (κ1) is 14.5. The summed E-state index contributed by atoms with van der Waals surface area (Å²) < 4.78 is 13.9. The van der Waals surface area contributed by atoms with Gasteiger partial charge in [-0.2, -0.15) is 0 Å². The van der Waals surface area contributed by atoms with Gasteiger partial charge in [0.25, 0.3) is 5.91 Å². The van der Waals surface area contributed by atoms with Crippen molar-refractivity contribution in [1.82, 2.24) is 9.80 Å². The first-order chi connectivity index (χ1) is 8.97. The molecule has 104 valence electrons. The Morgan fingerprint density at radius 1 is 1.58 bits per heavy atom. The number of carbonyl (C=O) groups is 1. The van der Waals surface area contributed by atoms with E-state index in [9.17, 15) is 9.18 Å². The van der Waals surface area contributed by atoms with E-state index in [0.717, 1.165) is 19.5 Å². The fourth-order valence-corrected chi connectivity index (χ4v) is 2.93. The van der Waals surface area contributed by atoms with Crippen LogP contribution < -0.4 is 0 Å². The smallest absolute Gasteiger partial charge is 0.254 e. The first-order valence-electron chi connectivity index (χ1n) is 6.36. The predicted molar refractivity (Wildman–Crippen MR) is 76.7 cm³/mol. The van der Waals surface area contributed by atoms with Crippen LogP contribution in [0.5, 0.6) is 0 Å². The molecule has 2 rings (SSSR count). The Morgan fingerprint density at radius 3 is 2.95 bits per heavy atom. The zero-order valence-electron chi connectivity index (χ0n) is 11.2. The Morgan fingerprint density at radius 2 is 2.32 bits per heavy atom. The standard InChI is InChI=1S/C14H18BrFN2O/c1-17-6-5-10(8-17)9-18(2)14(19)12-7-11(16)3-4-13(12)15/h3-4,7,10H,5-6,8-9H2,1-2H3. The lowest BCUT2D eigenvalue weighted by Gasteiger charge is -2.21. The number of benzene rings is 1. The molecule has 1 heterocycles. The number of likely N-dealkylation sites (tertiary alicyclic amines) is 1. The minimum atomic E-state index is -0.388. The summed E-state index contributed by atoms with van der Waals surface area (Å²) >= 11 is 3.30. The average Bonchev–Trinajstić information content (AvgIpc) is 2.77. The molecule has 0 radical (unpaired) electrons. The number of hydrogen-bond acceptors (Lipinski definition) is 2. The maximum atomic E-state index is 13.2. The van der Waals surface area contributed by atoms with Gasteiger partial charge in [0.1, 0.15) is 5.82 Å². The van der Waals surface area contributed by atoms with Crippen molar-refractivity contribution in [2.45, 2.75) is 6.42 Å². The second-order valence-electron chi connectivity index (χ2n) is 5.23. The van der Waals surface area contributed by atoms with Crippen LogP contribution in [0.25, 0.3) is 0 Å². The van der Waals surface area contributed by atoms with Crippen molar-refractivity contribution < 1.29 is 9.18 Å². The van der Waals surface area contributed by atoms with Gasteiger partial charge < -0.3 is 9.80 Å². The quantitative estimate of drug-likeness (QED) is 0.851. The lowest BCUT2D eigenvalue weighted by atomic mass is 10.1. The number of hydrogen-bond donors (Lipinski definition) is 0. The van der Waals surface area contributed by atoms with E-state index in [0.29, 0.717) is 22.5 Å². The molecule has 1 atom stereocenters. The topological polar surface area (TPSA) is 23.6 Å². The van der Waals surface area contributed by atoms with Crippen molar-refractivity contribution in [1.29, 1.82) is 0 Å². The van der Waals surface area contributed by atoms with Gasteiger partial charge in [0, 0.05) is 24.6 Å². The van der Waals surface area contributed by atoms with Gasteiger partial charge in [0.15, 0.2) is 0 Å². The van der Waals surface area contributed by atoms with Gasteiger partial charge in [-0.3, -0.25) is 4.79 Å². The van der Waals surface area contributed by atoms with E-state index >= 15 is 0 Å². The predicted octanol–water partition coefficient (Wildman–Crippen LogP) is 2.61. The van der Waals surface area contributed by atoms with Crippen molar-refractivity contribution >= 4 is 21.8 Å². The summed E-state index contributed by atoms with van der Waals surface area (Å²) in [6, 6.07) is 4.19. The van der Waals surface area contributed by atoms with E-state index in [2.05, 4.69) is 27.9 Å². The summed E-state index contributed by atoms with van der Waals surface area (Å²) in [6.07, 6.45) is 1.11.